The average molecular weight is 258 g/mol. The Morgan fingerprint density at radius 3 is 2.67 bits per heavy atom. The standard InChI is InChI=1S/C14H30N2O2/c1-11(2)15-14(4,10-17)9-16-7-6-12(3)13(8-16)18-5/h11-13,15,17H,6-10H2,1-5H3. The van der Waals surface area contributed by atoms with Crippen LogP contribution in [-0.2, 0) is 4.74 Å². The zero-order valence-corrected chi connectivity index (χ0v) is 12.6. The lowest BCUT2D eigenvalue weighted by Gasteiger charge is -2.41. The van der Waals surface area contributed by atoms with Crippen molar-refractivity contribution in [1.29, 1.82) is 0 Å². The van der Waals surface area contributed by atoms with Crippen LogP contribution in [0.25, 0.3) is 0 Å². The number of likely N-dealkylation sites (tertiary alicyclic amines) is 1. The fourth-order valence-electron chi connectivity index (χ4n) is 2.88. The molecule has 0 spiro atoms. The lowest BCUT2D eigenvalue weighted by atomic mass is 9.93. The minimum atomic E-state index is -0.229. The van der Waals surface area contributed by atoms with E-state index in [0.717, 1.165) is 19.6 Å². The maximum Gasteiger partial charge on any atom is 0.0724 e. The molecule has 1 heterocycles. The summed E-state index contributed by atoms with van der Waals surface area (Å²) < 4.78 is 5.54. The summed E-state index contributed by atoms with van der Waals surface area (Å²) in [7, 11) is 1.79. The number of methoxy groups -OCH3 is 1. The Morgan fingerprint density at radius 2 is 2.17 bits per heavy atom. The Bertz CT molecular complexity index is 248. The molecule has 1 rings (SSSR count). The molecule has 4 heteroatoms. The van der Waals surface area contributed by atoms with E-state index in [-0.39, 0.29) is 12.1 Å². The minimum absolute atomic E-state index is 0.162. The maximum atomic E-state index is 9.62. The largest absolute Gasteiger partial charge is 0.394 e. The van der Waals surface area contributed by atoms with Gasteiger partial charge in [-0.15, -0.1) is 0 Å². The van der Waals surface area contributed by atoms with Crippen molar-refractivity contribution in [2.45, 2.75) is 51.8 Å². The van der Waals surface area contributed by atoms with Crippen LogP contribution < -0.4 is 5.32 Å². The Balaban J connectivity index is 2.54. The second-order valence-corrected chi connectivity index (χ2v) is 6.29. The van der Waals surface area contributed by atoms with Gasteiger partial charge in [0.1, 0.15) is 0 Å². The molecular weight excluding hydrogens is 228 g/mol. The van der Waals surface area contributed by atoms with Crippen molar-refractivity contribution in [3.05, 3.63) is 0 Å². The van der Waals surface area contributed by atoms with E-state index in [0.29, 0.717) is 18.1 Å². The fraction of sp³-hybridized carbons (Fsp3) is 1.00. The van der Waals surface area contributed by atoms with Gasteiger partial charge in [0.2, 0.25) is 0 Å². The Labute approximate surface area is 112 Å². The molecule has 0 saturated carbocycles. The lowest BCUT2D eigenvalue weighted by molar-refractivity contribution is -0.0169. The van der Waals surface area contributed by atoms with E-state index in [2.05, 4.69) is 37.9 Å². The monoisotopic (exact) mass is 258 g/mol. The highest BCUT2D eigenvalue weighted by Gasteiger charge is 2.32. The van der Waals surface area contributed by atoms with Crippen LogP contribution in [0.4, 0.5) is 0 Å². The summed E-state index contributed by atoms with van der Waals surface area (Å²) in [4.78, 5) is 2.40. The molecule has 3 unspecified atom stereocenters. The molecule has 0 radical (unpaired) electrons. The number of nitrogens with one attached hydrogen (secondary N) is 1. The molecular formula is C14H30N2O2. The summed E-state index contributed by atoms with van der Waals surface area (Å²) in [5.74, 6) is 0.629. The third-order valence-corrected chi connectivity index (χ3v) is 3.83. The second-order valence-electron chi connectivity index (χ2n) is 6.29. The summed E-state index contributed by atoms with van der Waals surface area (Å²) in [6.45, 7) is 11.7. The van der Waals surface area contributed by atoms with Crippen LogP contribution in [0.5, 0.6) is 0 Å². The number of aliphatic hydroxyl groups is 1. The van der Waals surface area contributed by atoms with Crippen molar-refractivity contribution in [3.63, 3.8) is 0 Å². The third-order valence-electron chi connectivity index (χ3n) is 3.83. The predicted molar refractivity (Wildman–Crippen MR) is 74.8 cm³/mol. The van der Waals surface area contributed by atoms with Gasteiger partial charge in [-0.3, -0.25) is 4.90 Å². The molecule has 0 aromatic heterocycles. The maximum absolute atomic E-state index is 9.62. The molecule has 108 valence electrons. The number of piperidine rings is 1. The van der Waals surface area contributed by atoms with E-state index in [9.17, 15) is 5.11 Å². The van der Waals surface area contributed by atoms with Gasteiger partial charge in [-0.1, -0.05) is 20.8 Å². The number of aliphatic hydroxyl groups excluding tert-OH is 1. The zero-order chi connectivity index (χ0) is 13.8. The molecule has 1 aliphatic rings. The van der Waals surface area contributed by atoms with Crippen LogP contribution in [0.15, 0.2) is 0 Å². The second kappa shape index (κ2) is 6.85. The topological polar surface area (TPSA) is 44.7 Å². The summed E-state index contributed by atoms with van der Waals surface area (Å²) >= 11 is 0. The van der Waals surface area contributed by atoms with E-state index in [1.54, 1.807) is 7.11 Å². The van der Waals surface area contributed by atoms with Gasteiger partial charge < -0.3 is 15.2 Å². The molecule has 1 aliphatic heterocycles. The number of rotatable bonds is 6. The van der Waals surface area contributed by atoms with Crippen LogP contribution in [-0.4, -0.2) is 61.0 Å². The first-order valence-electron chi connectivity index (χ1n) is 7.04. The lowest BCUT2D eigenvalue weighted by Crippen LogP contribution is -2.58. The minimum Gasteiger partial charge on any atom is -0.394 e. The number of nitrogens with zero attached hydrogens (tertiary/aromatic N) is 1. The number of ether oxygens (including phenoxy) is 1. The summed E-state index contributed by atoms with van der Waals surface area (Å²) in [6.07, 6.45) is 1.49. The van der Waals surface area contributed by atoms with Crippen molar-refractivity contribution >= 4 is 0 Å². The molecule has 1 fully saturated rings. The number of hydrogen-bond donors (Lipinski definition) is 2. The molecule has 2 N–H and O–H groups in total. The molecule has 0 bridgehead atoms. The summed E-state index contributed by atoms with van der Waals surface area (Å²) in [5.41, 5.74) is -0.229. The quantitative estimate of drug-likeness (QED) is 0.749. The highest BCUT2D eigenvalue weighted by Crippen LogP contribution is 2.21. The third kappa shape index (κ3) is 4.50. The molecule has 0 amide bonds. The molecule has 18 heavy (non-hydrogen) atoms. The van der Waals surface area contributed by atoms with Gasteiger partial charge in [0.05, 0.1) is 18.2 Å². The van der Waals surface area contributed by atoms with Crippen molar-refractivity contribution in [2.75, 3.05) is 33.4 Å². The first-order chi connectivity index (χ1) is 8.40. The fourth-order valence-corrected chi connectivity index (χ4v) is 2.88. The van der Waals surface area contributed by atoms with Crippen LogP contribution in [0, 0.1) is 5.92 Å². The van der Waals surface area contributed by atoms with E-state index in [1.807, 2.05) is 0 Å². The van der Waals surface area contributed by atoms with Gasteiger partial charge in [-0.05, 0) is 25.8 Å². The Hall–Kier alpha value is -0.160. The molecule has 4 nitrogen and oxygen atoms in total. The van der Waals surface area contributed by atoms with Crippen LogP contribution in [0.3, 0.4) is 0 Å². The SMILES string of the molecule is COC1CN(CC(C)(CO)NC(C)C)CCC1C. The normalized spacial score (nSPS) is 29.5. The van der Waals surface area contributed by atoms with Crippen LogP contribution >= 0.6 is 0 Å². The van der Waals surface area contributed by atoms with E-state index in [1.165, 1.54) is 6.42 Å². The number of hydrogen-bond acceptors (Lipinski definition) is 4. The van der Waals surface area contributed by atoms with E-state index >= 15 is 0 Å². The van der Waals surface area contributed by atoms with Gasteiger partial charge in [0.15, 0.2) is 0 Å². The molecule has 0 aromatic carbocycles. The highest BCUT2D eigenvalue weighted by atomic mass is 16.5. The molecule has 3 atom stereocenters. The van der Waals surface area contributed by atoms with Crippen LogP contribution in [0.2, 0.25) is 0 Å². The van der Waals surface area contributed by atoms with Gasteiger partial charge in [-0.25, -0.2) is 0 Å². The van der Waals surface area contributed by atoms with Crippen molar-refractivity contribution in [1.82, 2.24) is 10.2 Å². The van der Waals surface area contributed by atoms with Crippen molar-refractivity contribution in [2.24, 2.45) is 5.92 Å². The predicted octanol–water partition coefficient (Wildman–Crippen LogP) is 1.09. The average Bonchev–Trinajstić information content (AvgIpc) is 2.30. The van der Waals surface area contributed by atoms with Gasteiger partial charge in [-0.2, -0.15) is 0 Å². The summed E-state index contributed by atoms with van der Waals surface area (Å²) in [5, 5.41) is 13.1. The first-order valence-corrected chi connectivity index (χ1v) is 7.04. The van der Waals surface area contributed by atoms with E-state index in [4.69, 9.17) is 4.74 Å². The van der Waals surface area contributed by atoms with Crippen LogP contribution in [0.1, 0.15) is 34.1 Å². The molecule has 1 saturated heterocycles. The Morgan fingerprint density at radius 1 is 1.50 bits per heavy atom. The zero-order valence-electron chi connectivity index (χ0n) is 12.6. The smallest absolute Gasteiger partial charge is 0.0724 e. The van der Waals surface area contributed by atoms with Crippen molar-refractivity contribution in [3.8, 4) is 0 Å². The molecule has 0 aromatic rings. The molecule has 0 aliphatic carbocycles. The van der Waals surface area contributed by atoms with Gasteiger partial charge >= 0.3 is 0 Å². The summed E-state index contributed by atoms with van der Waals surface area (Å²) in [6, 6.07) is 0.379. The highest BCUT2D eigenvalue weighted by molar-refractivity contribution is 4.90. The van der Waals surface area contributed by atoms with E-state index < -0.39 is 0 Å². The van der Waals surface area contributed by atoms with Gasteiger partial charge in [0, 0.05) is 26.2 Å². The van der Waals surface area contributed by atoms with Crippen molar-refractivity contribution < 1.29 is 9.84 Å². The Kier molecular flexibility index (Phi) is 6.05. The van der Waals surface area contributed by atoms with Gasteiger partial charge in [0.25, 0.3) is 0 Å². The first kappa shape index (κ1) is 15.9.